The normalized spacial score (nSPS) is 11.0. The lowest BCUT2D eigenvalue weighted by molar-refractivity contribution is -0.111. The van der Waals surface area contributed by atoms with Crippen LogP contribution in [0.2, 0.25) is 5.15 Å². The fraction of sp³-hybridized carbons (Fsp3) is 0.286. The van der Waals surface area contributed by atoms with E-state index in [1.165, 1.54) is 29.2 Å². The molecular weight excluding hydrogens is 452 g/mol. The average Bonchev–Trinajstić information content (AvgIpc) is 3.33. The Labute approximate surface area is 194 Å². The zero-order chi connectivity index (χ0) is 22.2. The van der Waals surface area contributed by atoms with Gasteiger partial charge in [-0.2, -0.15) is 10.4 Å². The zero-order valence-electron chi connectivity index (χ0n) is 17.1. The molecule has 7 nitrogen and oxygen atoms in total. The molecule has 0 aliphatic carbocycles. The van der Waals surface area contributed by atoms with Crippen molar-refractivity contribution in [3.8, 4) is 6.07 Å². The average molecular weight is 473 g/mol. The maximum atomic E-state index is 12.3. The van der Waals surface area contributed by atoms with Gasteiger partial charge in [-0.1, -0.05) is 60.2 Å². The molecule has 0 saturated carbocycles. The lowest BCUT2D eigenvalue weighted by Crippen LogP contribution is -2.07. The maximum absolute atomic E-state index is 12.3. The van der Waals surface area contributed by atoms with Gasteiger partial charge in [0.2, 0.25) is 11.0 Å². The Morgan fingerprint density at radius 3 is 2.84 bits per heavy atom. The Hall–Kier alpha value is -2.67. The first-order valence-electron chi connectivity index (χ1n) is 9.67. The van der Waals surface area contributed by atoms with Gasteiger partial charge >= 0.3 is 0 Å². The van der Waals surface area contributed by atoms with Crippen molar-refractivity contribution in [3.63, 3.8) is 0 Å². The number of carbonyl (C=O) groups is 1. The number of nitrogens with one attached hydrogen (secondary N) is 1. The van der Waals surface area contributed by atoms with E-state index in [2.05, 4.69) is 33.6 Å². The minimum atomic E-state index is -0.309. The second-order valence-corrected chi connectivity index (χ2v) is 9.22. The fourth-order valence-corrected chi connectivity index (χ4v) is 4.69. The van der Waals surface area contributed by atoms with E-state index in [-0.39, 0.29) is 5.91 Å². The molecule has 3 rings (SSSR count). The minimum Gasteiger partial charge on any atom is -0.297 e. The molecule has 0 fully saturated rings. The van der Waals surface area contributed by atoms with Crippen LogP contribution in [0.15, 0.2) is 34.7 Å². The molecule has 0 bridgehead atoms. The number of amides is 1. The van der Waals surface area contributed by atoms with Crippen molar-refractivity contribution in [2.75, 3.05) is 5.32 Å². The van der Waals surface area contributed by atoms with Crippen molar-refractivity contribution in [1.29, 1.82) is 5.26 Å². The molecule has 2 aromatic heterocycles. The van der Waals surface area contributed by atoms with Crippen LogP contribution in [-0.4, -0.2) is 25.9 Å². The molecule has 0 aliphatic heterocycles. The van der Waals surface area contributed by atoms with Crippen LogP contribution in [0.3, 0.4) is 0 Å². The summed E-state index contributed by atoms with van der Waals surface area (Å²) in [6, 6.07) is 9.50. The molecule has 0 spiro atoms. The molecule has 0 unspecified atom stereocenters. The van der Waals surface area contributed by atoms with Crippen LogP contribution in [0.4, 0.5) is 5.13 Å². The summed E-state index contributed by atoms with van der Waals surface area (Å²) in [5.74, 6) is 0.394. The lowest BCUT2D eigenvalue weighted by atomic mass is 10.2. The van der Waals surface area contributed by atoms with Crippen LogP contribution < -0.4 is 5.32 Å². The minimum absolute atomic E-state index is 0.309. The van der Waals surface area contributed by atoms with Crippen molar-refractivity contribution in [2.24, 2.45) is 0 Å². The first kappa shape index (κ1) is 23.0. The van der Waals surface area contributed by atoms with Crippen LogP contribution in [0.5, 0.6) is 0 Å². The van der Waals surface area contributed by atoms with E-state index in [0.717, 1.165) is 40.5 Å². The monoisotopic (exact) mass is 472 g/mol. The summed E-state index contributed by atoms with van der Waals surface area (Å²) in [6.07, 6.45) is 5.14. The van der Waals surface area contributed by atoms with Crippen LogP contribution in [0.25, 0.3) is 6.08 Å². The number of benzene rings is 1. The van der Waals surface area contributed by atoms with Crippen LogP contribution in [-0.2, 0) is 17.1 Å². The molecule has 0 atom stereocenters. The van der Waals surface area contributed by atoms with E-state index in [4.69, 9.17) is 16.9 Å². The first-order valence-corrected chi connectivity index (χ1v) is 11.9. The summed E-state index contributed by atoms with van der Waals surface area (Å²) in [4.78, 5) is 12.3. The van der Waals surface area contributed by atoms with Gasteiger partial charge in [-0.15, -0.1) is 10.2 Å². The predicted molar refractivity (Wildman–Crippen MR) is 125 cm³/mol. The number of hydrogen-bond donors (Lipinski definition) is 1. The summed E-state index contributed by atoms with van der Waals surface area (Å²) in [7, 11) is 0. The number of hydrogen-bond acceptors (Lipinski definition) is 7. The summed E-state index contributed by atoms with van der Waals surface area (Å²) >= 11 is 9.22. The first-order chi connectivity index (χ1) is 15.0. The number of aromatic nitrogens is 4. The second kappa shape index (κ2) is 11.1. The Morgan fingerprint density at radius 1 is 1.35 bits per heavy atom. The molecule has 0 saturated heterocycles. The van der Waals surface area contributed by atoms with Crippen molar-refractivity contribution >= 4 is 51.8 Å². The Kier molecular flexibility index (Phi) is 8.23. The molecular formula is C21H21ClN6OS2. The highest BCUT2D eigenvalue weighted by atomic mass is 35.5. The summed E-state index contributed by atoms with van der Waals surface area (Å²) in [5, 5.41) is 25.1. The van der Waals surface area contributed by atoms with Crippen molar-refractivity contribution < 1.29 is 4.79 Å². The van der Waals surface area contributed by atoms with Crippen LogP contribution in [0.1, 0.15) is 42.1 Å². The van der Waals surface area contributed by atoms with Gasteiger partial charge in [0, 0.05) is 23.9 Å². The van der Waals surface area contributed by atoms with E-state index in [1.807, 2.05) is 19.1 Å². The van der Waals surface area contributed by atoms with Crippen LogP contribution in [0, 0.1) is 18.3 Å². The smallest absolute Gasteiger partial charge is 0.250 e. The van der Waals surface area contributed by atoms with E-state index >= 15 is 0 Å². The van der Waals surface area contributed by atoms with Gasteiger partial charge in [-0.3, -0.25) is 14.8 Å². The van der Waals surface area contributed by atoms with Gasteiger partial charge in [0.1, 0.15) is 5.15 Å². The Morgan fingerprint density at radius 2 is 2.13 bits per heavy atom. The van der Waals surface area contributed by atoms with E-state index in [0.29, 0.717) is 21.6 Å². The predicted octanol–water partition coefficient (Wildman–Crippen LogP) is 5.31. The maximum Gasteiger partial charge on any atom is 0.250 e. The Balaban J connectivity index is 1.55. The third kappa shape index (κ3) is 6.40. The van der Waals surface area contributed by atoms with Gasteiger partial charge in [-0.05, 0) is 37.1 Å². The molecule has 10 heteroatoms. The van der Waals surface area contributed by atoms with E-state index in [9.17, 15) is 4.79 Å². The number of aryl methyl sites for hydroxylation is 2. The molecule has 31 heavy (non-hydrogen) atoms. The van der Waals surface area contributed by atoms with Gasteiger partial charge in [0.25, 0.3) is 0 Å². The van der Waals surface area contributed by atoms with E-state index in [1.54, 1.807) is 22.9 Å². The highest BCUT2D eigenvalue weighted by molar-refractivity contribution is 8.00. The zero-order valence-corrected chi connectivity index (χ0v) is 19.5. The Bertz CT molecular complexity index is 1110. The number of halogens is 1. The number of unbranched alkanes of at least 4 members (excludes halogenated alkanes) is 1. The highest BCUT2D eigenvalue weighted by Crippen LogP contribution is 2.28. The summed E-state index contributed by atoms with van der Waals surface area (Å²) < 4.78 is 2.51. The lowest BCUT2D eigenvalue weighted by Gasteiger charge is -2.00. The number of anilines is 1. The number of rotatable bonds is 9. The number of nitrogens with zero attached hydrogens (tertiary/aromatic N) is 5. The number of nitriles is 1. The molecule has 3 aromatic rings. The largest absolute Gasteiger partial charge is 0.297 e. The van der Waals surface area contributed by atoms with Gasteiger partial charge < -0.3 is 0 Å². The third-order valence-corrected chi connectivity index (χ3v) is 6.76. The highest BCUT2D eigenvalue weighted by Gasteiger charge is 2.12. The quantitative estimate of drug-likeness (QED) is 0.257. The summed E-state index contributed by atoms with van der Waals surface area (Å²) in [6.45, 7) is 4.73. The molecule has 0 aliphatic rings. The van der Waals surface area contributed by atoms with Crippen molar-refractivity contribution in [1.82, 2.24) is 20.0 Å². The number of thioether (sulfide) groups is 1. The topological polar surface area (TPSA) is 96.5 Å². The summed E-state index contributed by atoms with van der Waals surface area (Å²) in [5.41, 5.74) is 3.23. The third-order valence-electron chi connectivity index (χ3n) is 4.32. The standard InChI is InChI=1S/C21H21ClN6OS2/c1-3-4-11-28-19(22)17(14(2)27-28)9-10-18(29)24-20-25-26-21(31-20)30-13-16-7-5-15(12-23)6-8-16/h5-10H,3-4,11,13H2,1-2H3,(H,24,25,29)/b10-9+. The van der Waals surface area contributed by atoms with Gasteiger partial charge in [-0.25, -0.2) is 0 Å². The molecule has 0 radical (unpaired) electrons. The van der Waals surface area contributed by atoms with Gasteiger partial charge in [0.15, 0.2) is 4.34 Å². The molecule has 2 heterocycles. The van der Waals surface area contributed by atoms with Crippen molar-refractivity contribution in [3.05, 3.63) is 57.9 Å². The van der Waals surface area contributed by atoms with Crippen molar-refractivity contribution in [2.45, 2.75) is 43.3 Å². The SMILES string of the molecule is CCCCn1nc(C)c(/C=C/C(=O)Nc2nnc(SCc3ccc(C#N)cc3)s2)c1Cl. The van der Waals surface area contributed by atoms with Gasteiger partial charge in [0.05, 0.1) is 17.3 Å². The van der Waals surface area contributed by atoms with Crippen LogP contribution >= 0.6 is 34.7 Å². The second-order valence-electron chi connectivity index (χ2n) is 6.66. The fourth-order valence-electron chi connectivity index (χ4n) is 2.66. The molecule has 1 amide bonds. The number of carbonyl (C=O) groups excluding carboxylic acids is 1. The molecule has 1 aromatic carbocycles. The van der Waals surface area contributed by atoms with E-state index < -0.39 is 0 Å². The molecule has 160 valence electrons. The molecule has 1 N–H and O–H groups in total.